The lowest BCUT2D eigenvalue weighted by atomic mass is 10.0. The van der Waals surface area contributed by atoms with E-state index in [1.54, 1.807) is 6.92 Å². The molecule has 3 rings (SSSR count). The van der Waals surface area contributed by atoms with E-state index in [0.717, 1.165) is 20.5 Å². The maximum atomic E-state index is 13.2. The van der Waals surface area contributed by atoms with E-state index in [1.165, 1.54) is 22.2 Å². The molecule has 2 heterocycles. The molecule has 0 fully saturated rings. The minimum Gasteiger partial charge on any atom is -0.464 e. The first kappa shape index (κ1) is 18.8. The van der Waals surface area contributed by atoms with Crippen molar-refractivity contribution >= 4 is 43.5 Å². The number of nitrogens with zero attached hydrogens (tertiary/aromatic N) is 2. The van der Waals surface area contributed by atoms with Gasteiger partial charge in [-0.1, -0.05) is 35.0 Å². The van der Waals surface area contributed by atoms with Crippen molar-refractivity contribution in [1.82, 2.24) is 9.55 Å². The van der Waals surface area contributed by atoms with Gasteiger partial charge in [-0.3, -0.25) is 9.36 Å². The normalized spacial score (nSPS) is 12.3. The predicted molar refractivity (Wildman–Crippen MR) is 108 cm³/mol. The average Bonchev–Trinajstić information content (AvgIpc) is 2.95. The fourth-order valence-electron chi connectivity index (χ4n) is 3.02. The van der Waals surface area contributed by atoms with Gasteiger partial charge in [-0.15, -0.1) is 11.3 Å². The van der Waals surface area contributed by atoms with Crippen molar-refractivity contribution in [3.63, 3.8) is 0 Å². The zero-order valence-electron chi connectivity index (χ0n) is 14.8. The molecule has 0 aliphatic carbocycles. The van der Waals surface area contributed by atoms with Crippen molar-refractivity contribution in [2.24, 2.45) is 0 Å². The Bertz CT molecular complexity index is 1010. The number of carbonyl (C=O) groups is 1. The monoisotopic (exact) mass is 434 g/mol. The smallest absolute Gasteiger partial charge is 0.329 e. The number of hydrogen-bond acceptors (Lipinski definition) is 5. The molecule has 0 unspecified atom stereocenters. The van der Waals surface area contributed by atoms with E-state index in [1.807, 2.05) is 38.1 Å². The minimum atomic E-state index is -0.669. The van der Waals surface area contributed by atoms with Crippen LogP contribution >= 0.6 is 27.3 Å². The molecular weight excluding hydrogens is 416 g/mol. The molecule has 0 saturated carbocycles. The van der Waals surface area contributed by atoms with Gasteiger partial charge in [0.05, 0.1) is 18.3 Å². The molecule has 0 aliphatic rings. The van der Waals surface area contributed by atoms with E-state index in [2.05, 4.69) is 20.9 Å². The number of aromatic nitrogens is 2. The Hall–Kier alpha value is -1.99. The second kappa shape index (κ2) is 7.72. The number of rotatable bonds is 5. The fourth-order valence-corrected chi connectivity index (χ4v) is 4.28. The topological polar surface area (TPSA) is 61.2 Å². The van der Waals surface area contributed by atoms with Crippen LogP contribution in [-0.2, 0) is 9.53 Å². The minimum absolute atomic E-state index is 0.211. The van der Waals surface area contributed by atoms with Gasteiger partial charge in [0, 0.05) is 14.9 Å². The Kier molecular flexibility index (Phi) is 5.58. The molecule has 136 valence electrons. The van der Waals surface area contributed by atoms with Crippen LogP contribution in [0.25, 0.3) is 21.3 Å². The Morgan fingerprint density at radius 3 is 2.62 bits per heavy atom. The van der Waals surface area contributed by atoms with E-state index >= 15 is 0 Å². The highest BCUT2D eigenvalue weighted by molar-refractivity contribution is 9.10. The van der Waals surface area contributed by atoms with Gasteiger partial charge < -0.3 is 4.74 Å². The standard InChI is InChI=1S/C19H19BrN2O3S/c1-4-14(19(24)25-5-2)22-10-21-17-16(18(22)23)15(11(3)26-17)12-6-8-13(20)9-7-12/h6-10,14H,4-5H2,1-3H3/t14-/m1/s1. The van der Waals surface area contributed by atoms with Crippen LogP contribution in [0.3, 0.4) is 0 Å². The first-order chi connectivity index (χ1) is 12.5. The summed E-state index contributed by atoms with van der Waals surface area (Å²) in [6.45, 7) is 5.87. The number of esters is 1. The first-order valence-corrected chi connectivity index (χ1v) is 10.0. The molecule has 0 aliphatic heterocycles. The number of hydrogen-bond donors (Lipinski definition) is 0. The van der Waals surface area contributed by atoms with Gasteiger partial charge in [-0.25, -0.2) is 9.78 Å². The predicted octanol–water partition coefficient (Wildman–Crippen LogP) is 4.71. The Labute approximate surface area is 163 Å². The van der Waals surface area contributed by atoms with Crippen molar-refractivity contribution in [3.05, 3.63) is 50.3 Å². The van der Waals surface area contributed by atoms with Crippen molar-refractivity contribution in [2.45, 2.75) is 33.2 Å². The Morgan fingerprint density at radius 2 is 2.00 bits per heavy atom. The lowest BCUT2D eigenvalue weighted by molar-refractivity contribution is -0.147. The van der Waals surface area contributed by atoms with E-state index in [-0.39, 0.29) is 12.2 Å². The van der Waals surface area contributed by atoms with Crippen LogP contribution in [0.5, 0.6) is 0 Å². The van der Waals surface area contributed by atoms with Gasteiger partial charge in [-0.05, 0) is 38.0 Å². The average molecular weight is 435 g/mol. The second-order valence-corrected chi connectivity index (χ2v) is 7.97. The molecule has 0 amide bonds. The third kappa shape index (κ3) is 3.33. The van der Waals surface area contributed by atoms with Gasteiger partial charge in [0.1, 0.15) is 10.9 Å². The largest absolute Gasteiger partial charge is 0.464 e. The fraction of sp³-hybridized carbons (Fsp3) is 0.316. The highest BCUT2D eigenvalue weighted by atomic mass is 79.9. The molecule has 1 atom stereocenters. The third-order valence-electron chi connectivity index (χ3n) is 4.23. The molecule has 3 aromatic rings. The van der Waals surface area contributed by atoms with E-state index in [0.29, 0.717) is 16.6 Å². The van der Waals surface area contributed by atoms with E-state index < -0.39 is 12.0 Å². The molecule has 5 nitrogen and oxygen atoms in total. The van der Waals surface area contributed by atoms with E-state index in [9.17, 15) is 9.59 Å². The van der Waals surface area contributed by atoms with Crippen molar-refractivity contribution in [3.8, 4) is 11.1 Å². The zero-order valence-corrected chi connectivity index (χ0v) is 17.2. The summed E-state index contributed by atoms with van der Waals surface area (Å²) >= 11 is 4.92. The van der Waals surface area contributed by atoms with Gasteiger partial charge in [-0.2, -0.15) is 0 Å². The molecule has 7 heteroatoms. The lowest BCUT2D eigenvalue weighted by Gasteiger charge is -2.16. The molecule has 0 bridgehead atoms. The summed E-state index contributed by atoms with van der Waals surface area (Å²) in [5.74, 6) is -0.407. The van der Waals surface area contributed by atoms with Crippen LogP contribution in [0.15, 0.2) is 39.9 Å². The van der Waals surface area contributed by atoms with Gasteiger partial charge in [0.15, 0.2) is 0 Å². The maximum absolute atomic E-state index is 13.2. The number of thiophene rings is 1. The van der Waals surface area contributed by atoms with E-state index in [4.69, 9.17) is 4.74 Å². The number of carbonyl (C=O) groups excluding carboxylic acids is 1. The zero-order chi connectivity index (χ0) is 18.8. The molecule has 0 saturated heterocycles. The number of aryl methyl sites for hydroxylation is 1. The summed E-state index contributed by atoms with van der Waals surface area (Å²) < 4.78 is 7.49. The summed E-state index contributed by atoms with van der Waals surface area (Å²) in [6, 6.07) is 7.16. The van der Waals surface area contributed by atoms with Crippen molar-refractivity contribution in [2.75, 3.05) is 6.61 Å². The van der Waals surface area contributed by atoms with Crippen LogP contribution < -0.4 is 5.56 Å². The molecule has 2 aromatic heterocycles. The third-order valence-corrected chi connectivity index (χ3v) is 5.77. The molecular formula is C19H19BrN2O3S. The number of halogens is 1. The van der Waals surface area contributed by atoms with Crippen LogP contribution in [0.4, 0.5) is 0 Å². The second-order valence-electron chi connectivity index (χ2n) is 5.85. The highest BCUT2D eigenvalue weighted by Crippen LogP contribution is 2.36. The highest BCUT2D eigenvalue weighted by Gasteiger charge is 2.24. The molecule has 0 radical (unpaired) electrons. The summed E-state index contributed by atoms with van der Waals surface area (Å²) in [5.41, 5.74) is 1.62. The van der Waals surface area contributed by atoms with Crippen LogP contribution in [0.2, 0.25) is 0 Å². The van der Waals surface area contributed by atoms with Gasteiger partial charge in [0.25, 0.3) is 5.56 Å². The summed E-state index contributed by atoms with van der Waals surface area (Å²) in [6.07, 6.45) is 1.92. The molecule has 0 spiro atoms. The maximum Gasteiger partial charge on any atom is 0.329 e. The molecule has 1 aromatic carbocycles. The van der Waals surface area contributed by atoms with Crippen molar-refractivity contribution in [1.29, 1.82) is 0 Å². The number of fused-ring (bicyclic) bond motifs is 1. The summed E-state index contributed by atoms with van der Waals surface area (Å²) in [5, 5.41) is 0.556. The summed E-state index contributed by atoms with van der Waals surface area (Å²) in [4.78, 5) is 31.6. The Balaban J connectivity index is 2.22. The van der Waals surface area contributed by atoms with Crippen LogP contribution in [0, 0.1) is 6.92 Å². The summed E-state index contributed by atoms with van der Waals surface area (Å²) in [7, 11) is 0. The SMILES string of the molecule is CCOC(=O)[C@@H](CC)n1cnc2sc(C)c(-c3ccc(Br)cc3)c2c1=O. The quantitative estimate of drug-likeness (QED) is 0.545. The molecule has 26 heavy (non-hydrogen) atoms. The number of ether oxygens (including phenoxy) is 1. The number of benzene rings is 1. The van der Waals surface area contributed by atoms with Crippen molar-refractivity contribution < 1.29 is 9.53 Å². The van der Waals surface area contributed by atoms with Gasteiger partial charge in [0.2, 0.25) is 0 Å². The van der Waals surface area contributed by atoms with Gasteiger partial charge >= 0.3 is 5.97 Å². The van der Waals surface area contributed by atoms with Crippen LogP contribution in [0.1, 0.15) is 31.2 Å². The first-order valence-electron chi connectivity index (χ1n) is 8.40. The Morgan fingerprint density at radius 1 is 1.31 bits per heavy atom. The lowest BCUT2D eigenvalue weighted by Crippen LogP contribution is -2.31. The van der Waals surface area contributed by atoms with Crippen LogP contribution in [-0.4, -0.2) is 22.1 Å². The molecule has 0 N–H and O–H groups in total.